The van der Waals surface area contributed by atoms with Gasteiger partial charge in [-0.05, 0) is 72.3 Å². The number of rotatable bonds is 10. The van der Waals surface area contributed by atoms with Gasteiger partial charge in [0.25, 0.3) is 17.5 Å². The highest BCUT2D eigenvalue weighted by molar-refractivity contribution is 9.10. The van der Waals surface area contributed by atoms with Crippen LogP contribution in [0, 0.1) is 10.1 Å². The number of ketones is 1. The van der Waals surface area contributed by atoms with E-state index in [0.29, 0.717) is 22.4 Å². The van der Waals surface area contributed by atoms with E-state index in [2.05, 4.69) is 26.6 Å². The quantitative estimate of drug-likeness (QED) is 0.0670. The van der Waals surface area contributed by atoms with E-state index in [1.165, 1.54) is 42.1 Å². The summed E-state index contributed by atoms with van der Waals surface area (Å²) in [5, 5.41) is 16.4. The van der Waals surface area contributed by atoms with Gasteiger partial charge < -0.3 is 10.6 Å². The molecule has 0 bridgehead atoms. The van der Waals surface area contributed by atoms with E-state index in [1.54, 1.807) is 66.7 Å². The zero-order valence-electron chi connectivity index (χ0n) is 20.9. The molecule has 4 aromatic rings. The number of nitro benzene ring substituents is 1. The summed E-state index contributed by atoms with van der Waals surface area (Å²) in [6, 6.07) is 28.2. The van der Waals surface area contributed by atoms with E-state index in [4.69, 9.17) is 0 Å². The standard InChI is InChI=1S/C30H22BrN3O5S/c31-23-10-8-21(9-11-23)28(35)19-40-26-16-12-24(13-17-26)32-30(37)27(33-29(36)22-4-2-1-3-5-22)18-20-6-14-25(15-7-20)34(38)39/h1-18H,19H2,(H,32,37)(H,33,36)/b27-18-. The van der Waals surface area contributed by atoms with Gasteiger partial charge in [-0.1, -0.05) is 46.3 Å². The molecule has 4 rings (SSSR count). The molecule has 0 heterocycles. The van der Waals surface area contributed by atoms with Crippen molar-refractivity contribution in [3.8, 4) is 0 Å². The maximum Gasteiger partial charge on any atom is 0.272 e. The van der Waals surface area contributed by atoms with E-state index in [9.17, 15) is 24.5 Å². The van der Waals surface area contributed by atoms with Crippen molar-refractivity contribution in [2.45, 2.75) is 4.90 Å². The normalized spacial score (nSPS) is 11.0. The molecular weight excluding hydrogens is 594 g/mol. The number of anilines is 1. The van der Waals surface area contributed by atoms with Crippen LogP contribution in [0.5, 0.6) is 0 Å². The summed E-state index contributed by atoms with van der Waals surface area (Å²) >= 11 is 4.74. The van der Waals surface area contributed by atoms with E-state index in [1.807, 2.05) is 12.1 Å². The van der Waals surface area contributed by atoms with Crippen LogP contribution in [0.1, 0.15) is 26.3 Å². The molecule has 0 radical (unpaired) electrons. The van der Waals surface area contributed by atoms with Crippen LogP contribution in [-0.2, 0) is 4.79 Å². The number of halogens is 1. The van der Waals surface area contributed by atoms with Crippen LogP contribution in [0.2, 0.25) is 0 Å². The van der Waals surface area contributed by atoms with Gasteiger partial charge in [0.2, 0.25) is 0 Å². The van der Waals surface area contributed by atoms with E-state index >= 15 is 0 Å². The first-order chi connectivity index (χ1) is 19.3. The first-order valence-corrected chi connectivity index (χ1v) is 13.7. The maximum atomic E-state index is 13.2. The maximum absolute atomic E-state index is 13.2. The monoisotopic (exact) mass is 615 g/mol. The van der Waals surface area contributed by atoms with E-state index in [-0.39, 0.29) is 22.9 Å². The lowest BCUT2D eigenvalue weighted by molar-refractivity contribution is -0.384. The highest BCUT2D eigenvalue weighted by atomic mass is 79.9. The third kappa shape index (κ3) is 7.98. The molecule has 0 aliphatic heterocycles. The van der Waals surface area contributed by atoms with Gasteiger partial charge in [-0.3, -0.25) is 24.5 Å². The van der Waals surface area contributed by atoms with Crippen molar-refractivity contribution in [3.05, 3.63) is 140 Å². The number of hydrogen-bond donors (Lipinski definition) is 2. The van der Waals surface area contributed by atoms with Gasteiger partial charge >= 0.3 is 0 Å². The predicted molar refractivity (Wildman–Crippen MR) is 159 cm³/mol. The molecule has 0 aromatic heterocycles. The number of carbonyl (C=O) groups is 3. The fraction of sp³-hybridized carbons (Fsp3) is 0.0333. The van der Waals surface area contributed by atoms with Crippen molar-refractivity contribution in [2.24, 2.45) is 0 Å². The number of hydrogen-bond acceptors (Lipinski definition) is 6. The summed E-state index contributed by atoms with van der Waals surface area (Å²) in [6.45, 7) is 0. The average molecular weight is 616 g/mol. The Bertz CT molecular complexity index is 1560. The van der Waals surface area contributed by atoms with Gasteiger partial charge in [0.15, 0.2) is 5.78 Å². The van der Waals surface area contributed by atoms with Crippen LogP contribution in [0.3, 0.4) is 0 Å². The molecule has 0 atom stereocenters. The molecule has 2 amide bonds. The lowest BCUT2D eigenvalue weighted by Gasteiger charge is -2.12. The molecule has 200 valence electrons. The summed E-state index contributed by atoms with van der Waals surface area (Å²) in [7, 11) is 0. The molecule has 10 heteroatoms. The molecule has 8 nitrogen and oxygen atoms in total. The lowest BCUT2D eigenvalue weighted by Crippen LogP contribution is -2.30. The van der Waals surface area contributed by atoms with Gasteiger partial charge in [-0.15, -0.1) is 11.8 Å². The second kappa shape index (κ2) is 13.5. The summed E-state index contributed by atoms with van der Waals surface area (Å²) < 4.78 is 0.903. The number of amides is 2. The predicted octanol–water partition coefficient (Wildman–Crippen LogP) is 6.74. The SMILES string of the molecule is O=C(Nc1ccc(SCC(=O)c2ccc(Br)cc2)cc1)/C(=C/c1ccc([N+](=O)[O-])cc1)NC(=O)c1ccccc1. The minimum atomic E-state index is -0.576. The van der Waals surface area contributed by atoms with Crippen LogP contribution in [0.4, 0.5) is 11.4 Å². The van der Waals surface area contributed by atoms with Crippen LogP contribution in [0.25, 0.3) is 6.08 Å². The Morgan fingerprint density at radius 1 is 0.825 bits per heavy atom. The van der Waals surface area contributed by atoms with Gasteiger partial charge in [-0.25, -0.2) is 0 Å². The first-order valence-electron chi connectivity index (χ1n) is 11.9. The molecule has 0 saturated heterocycles. The molecule has 0 spiro atoms. The Balaban J connectivity index is 1.45. The van der Waals surface area contributed by atoms with Crippen LogP contribution in [-0.4, -0.2) is 28.3 Å². The van der Waals surface area contributed by atoms with Crippen molar-refractivity contribution in [2.75, 3.05) is 11.1 Å². The largest absolute Gasteiger partial charge is 0.321 e. The molecule has 4 aromatic carbocycles. The van der Waals surface area contributed by atoms with E-state index in [0.717, 1.165) is 9.37 Å². The van der Waals surface area contributed by atoms with Crippen molar-refractivity contribution in [1.82, 2.24) is 5.32 Å². The second-order valence-corrected chi connectivity index (χ2v) is 10.4. The molecule has 0 aliphatic rings. The van der Waals surface area contributed by atoms with Crippen molar-refractivity contribution >= 4 is 62.7 Å². The number of carbonyl (C=O) groups excluding carboxylic acids is 3. The number of benzene rings is 4. The molecule has 0 fully saturated rings. The number of Topliss-reactive ketones (excluding diaryl/α,β-unsaturated/α-hetero) is 1. The van der Waals surface area contributed by atoms with Crippen molar-refractivity contribution in [1.29, 1.82) is 0 Å². The minimum absolute atomic E-state index is 0.00469. The number of nitrogens with zero attached hydrogens (tertiary/aromatic N) is 1. The summed E-state index contributed by atoms with van der Waals surface area (Å²) in [5.74, 6) is -0.786. The molecule has 40 heavy (non-hydrogen) atoms. The number of nitro groups is 1. The average Bonchev–Trinajstić information content (AvgIpc) is 2.97. The molecule has 0 aliphatic carbocycles. The summed E-state index contributed by atoms with van der Waals surface area (Å²) in [5.41, 5.74) is 1.84. The van der Waals surface area contributed by atoms with Crippen LogP contribution >= 0.6 is 27.7 Å². The Kier molecular flexibility index (Phi) is 9.61. The molecule has 0 unspecified atom stereocenters. The summed E-state index contributed by atoms with van der Waals surface area (Å²) in [6.07, 6.45) is 1.44. The first kappa shape index (κ1) is 28.5. The Hall–Kier alpha value is -4.54. The smallest absolute Gasteiger partial charge is 0.272 e. The topological polar surface area (TPSA) is 118 Å². The number of non-ortho nitro benzene ring substituents is 1. The number of nitrogens with one attached hydrogen (secondary N) is 2. The second-order valence-electron chi connectivity index (χ2n) is 8.42. The highest BCUT2D eigenvalue weighted by Crippen LogP contribution is 2.23. The molecule has 0 saturated carbocycles. The number of thioether (sulfide) groups is 1. The molecule has 2 N–H and O–H groups in total. The minimum Gasteiger partial charge on any atom is -0.321 e. The zero-order chi connectivity index (χ0) is 28.5. The lowest BCUT2D eigenvalue weighted by atomic mass is 10.1. The van der Waals surface area contributed by atoms with Crippen molar-refractivity contribution in [3.63, 3.8) is 0 Å². The van der Waals surface area contributed by atoms with Gasteiger partial charge in [0.05, 0.1) is 10.7 Å². The van der Waals surface area contributed by atoms with Gasteiger partial charge in [0.1, 0.15) is 5.70 Å². The van der Waals surface area contributed by atoms with Crippen LogP contribution < -0.4 is 10.6 Å². The molecular formula is C30H22BrN3O5S. The van der Waals surface area contributed by atoms with Gasteiger partial charge in [0, 0.05) is 38.3 Å². The Labute approximate surface area is 242 Å². The van der Waals surface area contributed by atoms with Gasteiger partial charge in [-0.2, -0.15) is 0 Å². The fourth-order valence-corrected chi connectivity index (χ4v) is 4.56. The Morgan fingerprint density at radius 2 is 1.48 bits per heavy atom. The van der Waals surface area contributed by atoms with Crippen molar-refractivity contribution < 1.29 is 19.3 Å². The third-order valence-electron chi connectivity index (χ3n) is 5.59. The third-order valence-corrected chi connectivity index (χ3v) is 7.13. The van der Waals surface area contributed by atoms with E-state index < -0.39 is 16.7 Å². The Morgan fingerprint density at radius 3 is 2.10 bits per heavy atom. The fourth-order valence-electron chi connectivity index (χ4n) is 3.50. The van der Waals surface area contributed by atoms with Crippen LogP contribution in [0.15, 0.2) is 118 Å². The highest BCUT2D eigenvalue weighted by Gasteiger charge is 2.16. The summed E-state index contributed by atoms with van der Waals surface area (Å²) in [4.78, 5) is 49.7. The zero-order valence-corrected chi connectivity index (χ0v) is 23.3.